The monoisotopic (exact) mass is 831 g/mol. The number of likely N-dealkylation sites (tertiary alicyclic amines) is 2. The zero-order chi connectivity index (χ0) is 40.6. The Bertz CT molecular complexity index is 2180. The molecule has 5 saturated heterocycles. The molecule has 2 N–H and O–H groups in total. The Morgan fingerprint density at radius 3 is 2.33 bits per heavy atom. The molecule has 7 heterocycles. The number of rotatable bonds is 10. The van der Waals surface area contributed by atoms with E-state index in [4.69, 9.17) is 27.9 Å². The fourth-order valence-electron chi connectivity index (χ4n) is 9.01. The molecule has 2 atom stereocenters. The van der Waals surface area contributed by atoms with E-state index in [1.165, 1.54) is 23.1 Å². The number of halogens is 2. The summed E-state index contributed by atoms with van der Waals surface area (Å²) >= 11 is 13.0. The number of ether oxygens (including phenoxy) is 1. The van der Waals surface area contributed by atoms with Gasteiger partial charge in [0.2, 0.25) is 12.1 Å². The Morgan fingerprint density at radius 2 is 1.66 bits per heavy atom. The number of piperazine rings is 1. The molecule has 2 aromatic carbocycles. The number of hydrogen-bond donors (Lipinski definition) is 2. The van der Waals surface area contributed by atoms with Crippen LogP contribution in [0.15, 0.2) is 67.3 Å². The number of benzene rings is 2. The number of hydrogen-bond acceptors (Lipinski definition) is 12. The predicted molar refractivity (Wildman–Crippen MR) is 211 cm³/mol. The predicted octanol–water partition coefficient (Wildman–Crippen LogP) is 3.08. The average molecular weight is 833 g/mol. The van der Waals surface area contributed by atoms with Crippen LogP contribution in [0.4, 0.5) is 4.79 Å². The van der Waals surface area contributed by atoms with Crippen LogP contribution < -0.4 is 10.1 Å². The number of carbonyl (C=O) groups is 4. The number of carboxylic acids is 1. The number of tetrazole rings is 1. The number of nitrogens with zero attached hydrogens (tertiary/aromatic N) is 10. The van der Waals surface area contributed by atoms with Crippen molar-refractivity contribution >= 4 is 47.0 Å². The van der Waals surface area contributed by atoms with E-state index in [-0.39, 0.29) is 5.91 Å². The summed E-state index contributed by atoms with van der Waals surface area (Å²) in [4.78, 5) is 64.6. The van der Waals surface area contributed by atoms with E-state index in [0.29, 0.717) is 112 Å². The maximum absolute atomic E-state index is 14.3. The van der Waals surface area contributed by atoms with E-state index in [1.54, 1.807) is 58.7 Å². The van der Waals surface area contributed by atoms with Gasteiger partial charge in [0.25, 0.3) is 5.91 Å². The van der Waals surface area contributed by atoms with Crippen molar-refractivity contribution in [1.82, 2.24) is 55.2 Å². The van der Waals surface area contributed by atoms with Crippen molar-refractivity contribution in [2.24, 2.45) is 0 Å². The van der Waals surface area contributed by atoms with Crippen LogP contribution in [-0.4, -0.2) is 151 Å². The van der Waals surface area contributed by atoms with Crippen molar-refractivity contribution in [1.29, 1.82) is 0 Å². The molecule has 5 aliphatic heterocycles. The summed E-state index contributed by atoms with van der Waals surface area (Å²) in [6.07, 6.45) is 5.73. The van der Waals surface area contributed by atoms with Gasteiger partial charge in [-0.3, -0.25) is 24.8 Å². The van der Waals surface area contributed by atoms with Crippen molar-refractivity contribution in [3.05, 3.63) is 94.0 Å². The first-order chi connectivity index (χ1) is 28.0. The molecule has 4 aromatic rings. The largest absolute Gasteiger partial charge is 0.496 e. The first-order valence-electron chi connectivity index (χ1n) is 19.2. The molecule has 9 rings (SSSR count). The zero-order valence-electron chi connectivity index (χ0n) is 31.8. The van der Waals surface area contributed by atoms with E-state index in [2.05, 4.69) is 30.7 Å². The number of imide groups is 1. The maximum atomic E-state index is 14.3. The second-order valence-electron chi connectivity index (χ2n) is 15.2. The van der Waals surface area contributed by atoms with Crippen molar-refractivity contribution in [3.63, 3.8) is 0 Å². The lowest BCUT2D eigenvalue weighted by Crippen LogP contribution is -2.74. The fourth-order valence-corrected chi connectivity index (χ4v) is 9.31. The number of pyridine rings is 1. The van der Waals surface area contributed by atoms with Gasteiger partial charge in [0.05, 0.1) is 33.8 Å². The van der Waals surface area contributed by atoms with Crippen molar-refractivity contribution in [2.45, 2.75) is 42.7 Å². The number of methoxy groups -OCH3 is 1. The van der Waals surface area contributed by atoms with Gasteiger partial charge in [-0.05, 0) is 109 Å². The van der Waals surface area contributed by atoms with E-state index in [9.17, 15) is 24.3 Å². The molecule has 0 spiro atoms. The zero-order valence-corrected chi connectivity index (χ0v) is 33.3. The number of carboxylic acid groups (broad SMARTS) is 1. The lowest BCUT2D eigenvalue weighted by atomic mass is 9.71. The molecule has 5 fully saturated rings. The highest BCUT2D eigenvalue weighted by atomic mass is 35.5. The van der Waals surface area contributed by atoms with Gasteiger partial charge in [-0.2, -0.15) is 0 Å². The minimum absolute atomic E-state index is 0.185. The van der Waals surface area contributed by atoms with Crippen LogP contribution in [0.3, 0.4) is 0 Å². The third kappa shape index (κ3) is 7.36. The number of nitrogens with one attached hydrogen (secondary N) is 1. The van der Waals surface area contributed by atoms with Gasteiger partial charge in [0.1, 0.15) is 12.1 Å². The van der Waals surface area contributed by atoms with Crippen LogP contribution >= 0.6 is 23.2 Å². The van der Waals surface area contributed by atoms with Crippen LogP contribution in [0.2, 0.25) is 10.0 Å². The Balaban J connectivity index is 0.997. The van der Waals surface area contributed by atoms with Crippen LogP contribution in [0.25, 0.3) is 5.69 Å². The van der Waals surface area contributed by atoms with Crippen molar-refractivity contribution < 1.29 is 29.0 Å². The average Bonchev–Trinajstić information content (AvgIpc) is 3.96. The second kappa shape index (κ2) is 16.2. The van der Waals surface area contributed by atoms with E-state index in [0.717, 1.165) is 11.1 Å². The molecular weight excluding hydrogens is 789 g/mol. The normalized spacial score (nSPS) is 24.1. The molecule has 4 amide bonds. The minimum Gasteiger partial charge on any atom is -0.496 e. The SMILES string of the molecule is COc1ccc(-n2cnnn2)cc1C(=O)N1CCC(CCN2CCC(C(=O)NC(=O)N3C(C(=O)O)N4CCN3CC4)(c3ccncc3)CC2)(c2ccc(Cl)c(Cl)c2)C1. The summed E-state index contributed by atoms with van der Waals surface area (Å²) in [5.74, 6) is -1.37. The number of aromatic nitrogens is 5. The third-order valence-corrected chi connectivity index (χ3v) is 13.0. The molecule has 304 valence electrons. The van der Waals surface area contributed by atoms with E-state index in [1.807, 2.05) is 17.0 Å². The number of urea groups is 1. The molecule has 0 radical (unpaired) electrons. The molecule has 0 saturated carbocycles. The van der Waals surface area contributed by atoms with Crippen LogP contribution in [-0.2, 0) is 20.4 Å². The third-order valence-electron chi connectivity index (χ3n) is 12.3. The molecule has 5 aliphatic rings. The number of hydrazine groups is 1. The molecular formula is C39H43Cl2N11O6. The van der Waals surface area contributed by atoms with Gasteiger partial charge in [0.15, 0.2) is 0 Å². The first-order valence-corrected chi connectivity index (χ1v) is 19.9. The summed E-state index contributed by atoms with van der Waals surface area (Å²) in [5, 5.41) is 27.7. The molecule has 58 heavy (non-hydrogen) atoms. The smallest absolute Gasteiger partial charge is 0.343 e. The Labute approximate surface area is 344 Å². The quantitative estimate of drug-likeness (QED) is 0.238. The van der Waals surface area contributed by atoms with Crippen molar-refractivity contribution in [2.75, 3.05) is 66.0 Å². The lowest BCUT2D eigenvalue weighted by molar-refractivity contribution is -0.190. The van der Waals surface area contributed by atoms with Gasteiger partial charge in [0, 0.05) is 57.1 Å². The Morgan fingerprint density at radius 1 is 0.897 bits per heavy atom. The number of piperidine rings is 1. The number of aliphatic carboxylic acids is 1. The highest BCUT2D eigenvalue weighted by Crippen LogP contribution is 2.42. The summed E-state index contributed by atoms with van der Waals surface area (Å²) in [7, 11) is 1.53. The van der Waals surface area contributed by atoms with Gasteiger partial charge >= 0.3 is 12.0 Å². The van der Waals surface area contributed by atoms with Gasteiger partial charge in [-0.1, -0.05) is 29.3 Å². The standard InChI is InChI=1S/C39H43Cl2N11O6/c1-58-32-5-3-28(51-25-43-45-46-51)23-29(32)34(53)49-17-9-38(24-49,27-2-4-30(40)31(41)22-27)8-14-47-15-10-39(11-16-47,26-6-12-42-13-7-26)36(56)44-37(57)52-33(35(54)55)48-18-20-50(52)21-19-48/h2-7,12-13,22-23,25,33H,8-11,14-21,24H2,1H3,(H,54,55)(H,44,56,57). The number of fused-ring (bicyclic) bond motifs is 3. The Kier molecular flexibility index (Phi) is 11.1. The summed E-state index contributed by atoms with van der Waals surface area (Å²) in [6, 6.07) is 13.7. The topological polar surface area (TPSA) is 182 Å². The minimum atomic E-state index is -1.18. The van der Waals surface area contributed by atoms with E-state index >= 15 is 0 Å². The van der Waals surface area contributed by atoms with Gasteiger partial charge in [-0.25, -0.2) is 24.3 Å². The molecule has 0 aliphatic carbocycles. The highest BCUT2D eigenvalue weighted by Gasteiger charge is 2.49. The lowest BCUT2D eigenvalue weighted by Gasteiger charge is -2.52. The van der Waals surface area contributed by atoms with Crippen LogP contribution in [0.1, 0.15) is 47.2 Å². The second-order valence-corrected chi connectivity index (χ2v) is 16.1. The maximum Gasteiger partial charge on any atom is 0.343 e. The summed E-state index contributed by atoms with van der Waals surface area (Å²) in [6.45, 7) is 4.71. The van der Waals surface area contributed by atoms with Crippen LogP contribution in [0, 0.1) is 0 Å². The molecule has 17 nitrogen and oxygen atoms in total. The summed E-state index contributed by atoms with van der Waals surface area (Å²) < 4.78 is 7.09. The number of carbonyl (C=O) groups excluding carboxylic acids is 3. The van der Waals surface area contributed by atoms with Crippen molar-refractivity contribution in [3.8, 4) is 11.4 Å². The molecule has 2 aromatic heterocycles. The molecule has 19 heteroatoms. The summed E-state index contributed by atoms with van der Waals surface area (Å²) in [5.41, 5.74) is 1.21. The van der Waals surface area contributed by atoms with E-state index < -0.39 is 34.9 Å². The number of amides is 4. The molecule has 2 bridgehead atoms. The highest BCUT2D eigenvalue weighted by molar-refractivity contribution is 6.42. The van der Waals surface area contributed by atoms with Crippen LogP contribution in [0.5, 0.6) is 5.75 Å². The van der Waals surface area contributed by atoms with Gasteiger partial charge < -0.3 is 19.6 Å². The Hall–Kier alpha value is -5.20. The molecule has 2 unspecified atom stereocenters. The first kappa shape index (κ1) is 39.6. The van der Waals surface area contributed by atoms with Gasteiger partial charge in [-0.15, -0.1) is 5.10 Å². The fraction of sp³-hybridized carbons (Fsp3) is 0.436.